The lowest BCUT2D eigenvalue weighted by atomic mass is 9.75. The van der Waals surface area contributed by atoms with Gasteiger partial charge in [-0.2, -0.15) is 53.7 Å². The minimum absolute atomic E-state index is 0.0922. The number of hydrogen-bond donors (Lipinski definition) is 3. The third-order valence-electron chi connectivity index (χ3n) is 14.2. The molecule has 3 saturated heterocycles. The zero-order valence-electron chi connectivity index (χ0n) is 43.9. The highest BCUT2D eigenvalue weighted by Gasteiger charge is 2.40. The maximum absolute atomic E-state index is 14.4. The second kappa shape index (κ2) is 27.2. The van der Waals surface area contributed by atoms with Gasteiger partial charge in [0.05, 0.1) is 5.92 Å². The van der Waals surface area contributed by atoms with Gasteiger partial charge in [0, 0.05) is 88.3 Å². The molecule has 3 aliphatic heterocycles. The first kappa shape index (κ1) is 59.1. The first-order valence-electron chi connectivity index (χ1n) is 26.0. The number of thioether (sulfide) groups is 3. The van der Waals surface area contributed by atoms with Gasteiger partial charge in [0.25, 0.3) is 0 Å². The molecule has 0 unspecified atom stereocenters. The van der Waals surface area contributed by atoms with Gasteiger partial charge in [-0.15, -0.1) is 35.3 Å². The maximum Gasteiger partial charge on any atom is 0.349 e. The summed E-state index contributed by atoms with van der Waals surface area (Å²) in [7, 11) is 0. The summed E-state index contributed by atoms with van der Waals surface area (Å²) < 4.78 is 18.1. The highest BCUT2D eigenvalue weighted by molar-refractivity contribution is 8.04. The third kappa shape index (κ3) is 15.5. The number of rotatable bonds is 21. The van der Waals surface area contributed by atoms with Crippen LogP contribution in [-0.4, -0.2) is 126 Å². The highest BCUT2D eigenvalue weighted by atomic mass is 32.2. The molecule has 18 heteroatoms. The summed E-state index contributed by atoms with van der Waals surface area (Å²) in [6.07, 6.45) is 10.4. The van der Waals surface area contributed by atoms with Crippen LogP contribution >= 0.6 is 73.2 Å². The predicted octanol–water partition coefficient (Wildman–Crippen LogP) is 11.1. The van der Waals surface area contributed by atoms with Gasteiger partial charge in [-0.05, 0) is 127 Å². The monoisotopic (exact) mass is 1110 g/mol. The Morgan fingerprint density at radius 3 is 0.945 bits per heavy atom. The minimum atomic E-state index is -0.929. The maximum atomic E-state index is 14.4. The molecule has 3 heterocycles. The van der Waals surface area contributed by atoms with Gasteiger partial charge in [0.15, 0.2) is 0 Å². The number of likely N-dealkylation sites (tertiary alicyclic amines) is 3. The van der Waals surface area contributed by atoms with Crippen molar-refractivity contribution in [1.29, 1.82) is 15.8 Å². The Morgan fingerprint density at radius 2 is 0.726 bits per heavy atom. The molecule has 0 atom stereocenters. The topological polar surface area (TPSA) is 160 Å². The van der Waals surface area contributed by atoms with Gasteiger partial charge in [-0.3, -0.25) is 0 Å². The van der Waals surface area contributed by atoms with E-state index >= 15 is 0 Å². The summed E-state index contributed by atoms with van der Waals surface area (Å²) in [5.41, 5.74) is 4.38. The molecule has 398 valence electrons. The molecular formula is C55H76N6O6S6. The Labute approximate surface area is 464 Å². The van der Waals surface area contributed by atoms with E-state index in [-0.39, 0.29) is 52.8 Å². The molecule has 3 aliphatic carbocycles. The number of nitrogens with zero attached hydrogens (tertiary/aromatic N) is 6. The number of ether oxygens (including phenoxy) is 3. The summed E-state index contributed by atoms with van der Waals surface area (Å²) >= 11 is 18.3. The number of thiol groups is 3. The number of nitriles is 3. The van der Waals surface area contributed by atoms with Crippen LogP contribution in [-0.2, 0) is 28.6 Å². The zero-order valence-corrected chi connectivity index (χ0v) is 49.0. The average molecular weight is 1110 g/mol. The van der Waals surface area contributed by atoms with Crippen LogP contribution in [0.25, 0.3) is 0 Å². The molecule has 0 aromatic heterocycles. The molecule has 0 aromatic carbocycles. The Kier molecular flexibility index (Phi) is 22.0. The van der Waals surface area contributed by atoms with Crippen molar-refractivity contribution in [2.24, 2.45) is 22.2 Å². The number of carbonyl (C=O) groups excluding carboxylic acids is 3. The lowest BCUT2D eigenvalue weighted by molar-refractivity contribution is -0.148. The quantitative estimate of drug-likeness (QED) is 0.0327. The highest BCUT2D eigenvalue weighted by Crippen LogP contribution is 2.51. The van der Waals surface area contributed by atoms with Crippen LogP contribution in [0.15, 0.2) is 65.2 Å². The van der Waals surface area contributed by atoms with Crippen LogP contribution in [0.2, 0.25) is 0 Å². The molecule has 0 spiro atoms. The van der Waals surface area contributed by atoms with Gasteiger partial charge in [-0.25, -0.2) is 14.4 Å². The van der Waals surface area contributed by atoms with Crippen LogP contribution in [0.1, 0.15) is 119 Å². The van der Waals surface area contributed by atoms with E-state index < -0.39 is 23.8 Å². The van der Waals surface area contributed by atoms with Crippen LogP contribution in [0.5, 0.6) is 0 Å². The standard InChI is InChI=1S/C55H76N6O6S6/c1-53(2)25-38(47(71-22-19-68)44(28-53)59-13-7-8-14-59)41(31-56)50(62)65-34-37(35-66-51(63)42(32-57)39-26-54(3,4)29-45(48(39)72-23-20-69)60-15-9-10-16-60)36-67-52(64)43(33-58)40-27-55(5,6)30-46(49(40)73-24-21-70)61-17-11-12-18-61/h37,68-70H,7-30,34-36H2,1-6H3/b41-38+,42-39+,43-40+. The van der Waals surface area contributed by atoms with Crippen LogP contribution in [0.3, 0.4) is 0 Å². The lowest BCUT2D eigenvalue weighted by Gasteiger charge is -2.39. The molecule has 6 aliphatic rings. The third-order valence-corrected chi connectivity index (χ3v) is 19.3. The summed E-state index contributed by atoms with van der Waals surface area (Å²) in [6, 6.07) is 6.61. The fourth-order valence-electron chi connectivity index (χ4n) is 10.9. The second-order valence-corrected chi connectivity index (χ2v) is 26.9. The second-order valence-electron chi connectivity index (χ2n) is 22.2. The van der Waals surface area contributed by atoms with E-state index in [1.165, 1.54) is 0 Å². The molecule has 0 N–H and O–H groups in total. The fourth-order valence-corrected chi connectivity index (χ4v) is 14.8. The first-order valence-corrected chi connectivity index (χ1v) is 30.8. The average Bonchev–Trinajstić information content (AvgIpc) is 4.19. The van der Waals surface area contributed by atoms with Gasteiger partial charge in [-0.1, -0.05) is 41.5 Å². The van der Waals surface area contributed by atoms with E-state index in [9.17, 15) is 30.2 Å². The van der Waals surface area contributed by atoms with Crippen molar-refractivity contribution in [2.75, 3.05) is 93.6 Å². The van der Waals surface area contributed by atoms with Crippen molar-refractivity contribution in [3.63, 3.8) is 0 Å². The smallest absolute Gasteiger partial charge is 0.349 e. The van der Waals surface area contributed by atoms with Crippen molar-refractivity contribution < 1.29 is 28.6 Å². The molecule has 0 radical (unpaired) electrons. The van der Waals surface area contributed by atoms with Crippen LogP contribution in [0.4, 0.5) is 0 Å². The normalized spacial score (nSPS) is 22.8. The van der Waals surface area contributed by atoms with Crippen LogP contribution < -0.4 is 0 Å². The van der Waals surface area contributed by atoms with Crippen molar-refractivity contribution in [3.8, 4) is 18.2 Å². The van der Waals surface area contributed by atoms with E-state index in [4.69, 9.17) is 14.2 Å². The molecular weight excluding hydrogens is 1030 g/mol. The lowest BCUT2D eigenvalue weighted by Crippen LogP contribution is -2.32. The molecule has 0 amide bonds. The predicted molar refractivity (Wildman–Crippen MR) is 306 cm³/mol. The number of hydrogen-bond acceptors (Lipinski definition) is 18. The van der Waals surface area contributed by atoms with Crippen molar-refractivity contribution in [1.82, 2.24) is 14.7 Å². The van der Waals surface area contributed by atoms with Gasteiger partial charge >= 0.3 is 17.9 Å². The minimum Gasteiger partial charge on any atom is -0.461 e. The zero-order chi connectivity index (χ0) is 52.9. The van der Waals surface area contributed by atoms with Crippen LogP contribution in [0, 0.1) is 56.2 Å². The summed E-state index contributed by atoms with van der Waals surface area (Å²) in [5, 5.41) is 32.3. The number of carbonyl (C=O) groups is 3. The molecule has 0 saturated carbocycles. The number of allylic oxidation sites excluding steroid dienone is 6. The largest absolute Gasteiger partial charge is 0.461 e. The molecule has 73 heavy (non-hydrogen) atoms. The van der Waals surface area contributed by atoms with E-state index in [1.54, 1.807) is 35.3 Å². The SMILES string of the molecule is CC1(C)CC(N2CCCC2)=C(SCCS)/C(=C(\C#N)C(=O)OCC(COC(=O)/C(C#N)=C2\CC(C)(C)CC(N3CCCC3)=C2SCCS)COC(=O)/C(C#N)=C2\CC(C)(C)CC(N3CCCC3)=C2SCCS)C1. The molecule has 0 aromatic rings. The van der Waals surface area contributed by atoms with E-state index in [2.05, 4.69) is 112 Å². The first-order chi connectivity index (χ1) is 34.9. The van der Waals surface area contributed by atoms with E-state index in [1.807, 2.05) is 0 Å². The molecule has 12 nitrogen and oxygen atoms in total. The summed E-state index contributed by atoms with van der Waals surface area (Å²) in [4.78, 5) is 53.0. The van der Waals surface area contributed by atoms with E-state index in [0.29, 0.717) is 70.5 Å². The Balaban J connectivity index is 1.35. The Morgan fingerprint density at radius 1 is 0.479 bits per heavy atom. The Bertz CT molecular complexity index is 2140. The fraction of sp³-hybridized carbons (Fsp3) is 0.673. The number of esters is 3. The molecule has 6 rings (SSSR count). The summed E-state index contributed by atoms with van der Waals surface area (Å²) in [6.45, 7) is 17.2. The van der Waals surface area contributed by atoms with Crippen molar-refractivity contribution in [2.45, 2.75) is 119 Å². The van der Waals surface area contributed by atoms with Gasteiger partial charge < -0.3 is 28.9 Å². The summed E-state index contributed by atoms with van der Waals surface area (Å²) in [5.74, 6) is 0.517. The molecule has 3 fully saturated rings. The van der Waals surface area contributed by atoms with Gasteiger partial charge in [0.2, 0.25) is 0 Å². The molecule has 0 bridgehead atoms. The van der Waals surface area contributed by atoms with E-state index in [0.717, 1.165) is 129 Å². The Hall–Kier alpha value is -3.18. The van der Waals surface area contributed by atoms with Crippen molar-refractivity contribution >= 4 is 91.1 Å². The van der Waals surface area contributed by atoms with Gasteiger partial charge in [0.1, 0.15) is 54.7 Å². The van der Waals surface area contributed by atoms with Crippen molar-refractivity contribution in [3.05, 3.63) is 65.2 Å².